The van der Waals surface area contributed by atoms with Crippen LogP contribution in [0.1, 0.15) is 22.8 Å². The van der Waals surface area contributed by atoms with E-state index in [-0.39, 0.29) is 5.91 Å². The topological polar surface area (TPSA) is 46.4 Å². The number of nitrogens with zero attached hydrogens (tertiary/aromatic N) is 2. The van der Waals surface area contributed by atoms with Crippen molar-refractivity contribution in [3.8, 4) is 11.3 Å². The van der Waals surface area contributed by atoms with E-state index in [1.807, 2.05) is 31.2 Å². The normalized spacial score (nSPS) is 11.6. The van der Waals surface area contributed by atoms with Crippen LogP contribution in [0.3, 0.4) is 0 Å². The van der Waals surface area contributed by atoms with Crippen molar-refractivity contribution in [1.82, 2.24) is 9.99 Å². The van der Waals surface area contributed by atoms with Gasteiger partial charge in [-0.1, -0.05) is 45.8 Å². The maximum atomic E-state index is 12.2. The summed E-state index contributed by atoms with van der Waals surface area (Å²) in [5.74, 6) is -0.207. The number of rotatable bonds is 4. The second kappa shape index (κ2) is 7.80. The van der Waals surface area contributed by atoms with E-state index in [2.05, 4.69) is 55.5 Å². The number of carbonyl (C=O) groups is 1. The molecule has 1 N–H and O–H groups in total. The number of hydrogen-bond donors (Lipinski definition) is 1. The minimum atomic E-state index is -0.207. The molecule has 0 bridgehead atoms. The fourth-order valence-corrected chi connectivity index (χ4v) is 3.64. The van der Waals surface area contributed by atoms with Gasteiger partial charge in [-0.15, -0.1) is 16.4 Å². The largest absolute Gasteiger partial charge is 0.315 e. The summed E-state index contributed by atoms with van der Waals surface area (Å²) in [5.41, 5.74) is 6.58. The second-order valence-corrected chi connectivity index (χ2v) is 7.33. The Morgan fingerprint density at radius 2 is 1.84 bits per heavy atom. The number of aromatic nitrogens is 1. The maximum absolute atomic E-state index is 12.2. The summed E-state index contributed by atoms with van der Waals surface area (Å²) in [6, 6.07) is 15.6. The third-order valence-electron chi connectivity index (χ3n) is 3.82. The number of nitrogens with one attached hydrogen (secondary N) is 1. The number of hydrogen-bond acceptors (Lipinski definition) is 3. The van der Waals surface area contributed by atoms with Gasteiger partial charge in [0.15, 0.2) is 0 Å². The molecule has 128 valence electrons. The molecule has 2 aromatic carbocycles. The molecule has 3 rings (SSSR count). The molecule has 4 nitrogen and oxygen atoms in total. The van der Waals surface area contributed by atoms with Crippen molar-refractivity contribution in [2.45, 2.75) is 20.4 Å². The van der Waals surface area contributed by atoms with Crippen LogP contribution in [-0.2, 0) is 6.54 Å². The average molecular weight is 416 g/mol. The van der Waals surface area contributed by atoms with Gasteiger partial charge in [-0.05, 0) is 43.7 Å². The van der Waals surface area contributed by atoms with Crippen LogP contribution in [0.15, 0.2) is 63.5 Å². The molecule has 1 heterocycles. The lowest BCUT2D eigenvalue weighted by Crippen LogP contribution is -2.24. The third kappa shape index (κ3) is 4.08. The number of halogens is 1. The van der Waals surface area contributed by atoms with E-state index in [1.165, 1.54) is 11.3 Å². The van der Waals surface area contributed by atoms with Gasteiger partial charge in [-0.2, -0.15) is 0 Å². The van der Waals surface area contributed by atoms with Gasteiger partial charge in [-0.25, -0.2) is 5.43 Å². The summed E-state index contributed by atoms with van der Waals surface area (Å²) in [4.78, 5) is 13.0. The first-order valence-electron chi connectivity index (χ1n) is 7.93. The predicted octanol–water partition coefficient (Wildman–Crippen LogP) is 4.55. The van der Waals surface area contributed by atoms with Crippen molar-refractivity contribution in [2.24, 2.45) is 5.10 Å². The number of benzene rings is 2. The van der Waals surface area contributed by atoms with Crippen molar-refractivity contribution >= 4 is 33.2 Å². The Morgan fingerprint density at radius 1 is 1.16 bits per heavy atom. The van der Waals surface area contributed by atoms with Crippen LogP contribution in [0.25, 0.3) is 11.3 Å². The van der Waals surface area contributed by atoms with Gasteiger partial charge in [0.05, 0.1) is 5.69 Å². The molecule has 0 radical (unpaired) electrons. The quantitative estimate of drug-likeness (QED) is 0.623. The van der Waals surface area contributed by atoms with Crippen molar-refractivity contribution in [3.05, 3.63) is 74.3 Å². The molecular formula is C19H18BrN3OS. The van der Waals surface area contributed by atoms with Gasteiger partial charge >= 0.3 is 0 Å². The highest BCUT2D eigenvalue weighted by molar-refractivity contribution is 9.10. The Kier molecular flexibility index (Phi) is 5.50. The molecule has 3 aromatic rings. The lowest BCUT2D eigenvalue weighted by atomic mass is 10.1. The Hall–Kier alpha value is -2.18. The molecule has 1 aromatic heterocycles. The Balaban J connectivity index is 1.87. The maximum Gasteiger partial charge on any atom is 0.271 e. The van der Waals surface area contributed by atoms with Crippen molar-refractivity contribution in [2.75, 3.05) is 0 Å². The summed E-state index contributed by atoms with van der Waals surface area (Å²) >= 11 is 4.97. The Labute approximate surface area is 159 Å². The van der Waals surface area contributed by atoms with E-state index in [1.54, 1.807) is 12.1 Å². The van der Waals surface area contributed by atoms with E-state index in [0.717, 1.165) is 32.6 Å². The van der Waals surface area contributed by atoms with E-state index >= 15 is 0 Å². The monoisotopic (exact) mass is 415 g/mol. The van der Waals surface area contributed by atoms with Gasteiger partial charge in [0.1, 0.15) is 0 Å². The summed E-state index contributed by atoms with van der Waals surface area (Å²) in [5, 5.41) is 6.37. The van der Waals surface area contributed by atoms with Gasteiger partial charge in [0, 0.05) is 22.0 Å². The average Bonchev–Trinajstić information content (AvgIpc) is 3.04. The molecule has 0 saturated heterocycles. The van der Waals surface area contributed by atoms with Crippen LogP contribution >= 0.6 is 27.3 Å². The molecular weight excluding hydrogens is 398 g/mol. The number of carbonyl (C=O) groups excluding carboxylic acids is 1. The van der Waals surface area contributed by atoms with E-state index in [4.69, 9.17) is 0 Å². The zero-order valence-corrected chi connectivity index (χ0v) is 16.4. The molecule has 0 aliphatic carbocycles. The molecule has 0 atom stereocenters. The minimum absolute atomic E-state index is 0.207. The van der Waals surface area contributed by atoms with E-state index < -0.39 is 0 Å². The second-order valence-electron chi connectivity index (χ2n) is 5.57. The van der Waals surface area contributed by atoms with E-state index in [9.17, 15) is 4.79 Å². The number of amides is 1. The fraction of sp³-hybridized carbons (Fsp3) is 0.158. The Morgan fingerprint density at radius 3 is 2.48 bits per heavy atom. The van der Waals surface area contributed by atoms with Crippen molar-refractivity contribution in [3.63, 3.8) is 0 Å². The summed E-state index contributed by atoms with van der Waals surface area (Å²) < 4.78 is 3.13. The van der Waals surface area contributed by atoms with Crippen molar-refractivity contribution in [1.29, 1.82) is 0 Å². The lowest BCUT2D eigenvalue weighted by Gasteiger charge is -2.06. The predicted molar refractivity (Wildman–Crippen MR) is 105 cm³/mol. The molecule has 0 saturated carbocycles. The molecule has 6 heteroatoms. The van der Waals surface area contributed by atoms with Crippen LogP contribution in [0.5, 0.6) is 0 Å². The first kappa shape index (κ1) is 17.6. The zero-order chi connectivity index (χ0) is 17.8. The molecule has 1 amide bonds. The van der Waals surface area contributed by atoms with Crippen LogP contribution in [0, 0.1) is 6.92 Å². The van der Waals surface area contributed by atoms with Gasteiger partial charge in [-0.3, -0.25) is 4.79 Å². The van der Waals surface area contributed by atoms with Crippen LogP contribution < -0.4 is 10.2 Å². The van der Waals surface area contributed by atoms with Crippen LogP contribution in [0.2, 0.25) is 0 Å². The number of thiazole rings is 1. The summed E-state index contributed by atoms with van der Waals surface area (Å²) in [6.45, 7) is 4.83. The third-order valence-corrected chi connectivity index (χ3v) is 5.21. The SMILES string of the molecule is CCn1c(-c2ccc(Br)cc2)cs/c1=N/NC(=O)c1ccc(C)cc1. The van der Waals surface area contributed by atoms with Crippen molar-refractivity contribution < 1.29 is 4.79 Å². The molecule has 25 heavy (non-hydrogen) atoms. The summed E-state index contributed by atoms with van der Waals surface area (Å²) in [7, 11) is 0. The molecule has 0 fully saturated rings. The molecule has 0 aliphatic rings. The highest BCUT2D eigenvalue weighted by atomic mass is 79.9. The van der Waals surface area contributed by atoms with Gasteiger partial charge in [0.2, 0.25) is 4.80 Å². The highest BCUT2D eigenvalue weighted by Crippen LogP contribution is 2.22. The summed E-state index contributed by atoms with van der Waals surface area (Å²) in [6.07, 6.45) is 0. The first-order valence-corrected chi connectivity index (χ1v) is 9.60. The van der Waals surface area contributed by atoms with Gasteiger partial charge < -0.3 is 4.57 Å². The van der Waals surface area contributed by atoms with E-state index in [0.29, 0.717) is 5.56 Å². The fourth-order valence-electron chi connectivity index (χ4n) is 2.44. The van der Waals surface area contributed by atoms with Crippen LogP contribution in [0.4, 0.5) is 0 Å². The lowest BCUT2D eigenvalue weighted by molar-refractivity contribution is 0.0953. The zero-order valence-electron chi connectivity index (χ0n) is 14.0. The standard InChI is InChI=1S/C19H18BrN3OS/c1-3-23-17(14-8-10-16(20)11-9-14)12-25-19(23)22-21-18(24)15-6-4-13(2)5-7-15/h4-12H,3H2,1-2H3,(H,21,24)/b22-19+. The molecule has 0 spiro atoms. The molecule has 0 unspecified atom stereocenters. The first-order chi connectivity index (χ1) is 12.1. The highest BCUT2D eigenvalue weighted by Gasteiger charge is 2.08. The smallest absolute Gasteiger partial charge is 0.271 e. The Bertz CT molecular complexity index is 940. The number of aryl methyl sites for hydroxylation is 1. The van der Waals surface area contributed by atoms with Crippen LogP contribution in [-0.4, -0.2) is 10.5 Å². The van der Waals surface area contributed by atoms with Gasteiger partial charge in [0.25, 0.3) is 5.91 Å². The molecule has 0 aliphatic heterocycles. The minimum Gasteiger partial charge on any atom is -0.315 e.